The number of anilines is 1. The van der Waals surface area contributed by atoms with Gasteiger partial charge in [0.2, 0.25) is 0 Å². The highest BCUT2D eigenvalue weighted by atomic mass is 32.2. The third kappa shape index (κ3) is 3.92. The molecule has 2 heterocycles. The maximum atomic E-state index is 12.5. The first-order chi connectivity index (χ1) is 11.7. The summed E-state index contributed by atoms with van der Waals surface area (Å²) < 4.78 is 25.4. The molecule has 1 atom stereocenters. The van der Waals surface area contributed by atoms with Crippen molar-refractivity contribution in [3.63, 3.8) is 0 Å². The van der Waals surface area contributed by atoms with Gasteiger partial charge in [0.15, 0.2) is 9.84 Å². The van der Waals surface area contributed by atoms with Gasteiger partial charge < -0.3 is 5.32 Å². The van der Waals surface area contributed by atoms with Gasteiger partial charge in [-0.2, -0.15) is 5.10 Å². The van der Waals surface area contributed by atoms with E-state index in [0.29, 0.717) is 17.8 Å². The van der Waals surface area contributed by atoms with Gasteiger partial charge in [0.1, 0.15) is 5.82 Å². The lowest BCUT2D eigenvalue weighted by molar-refractivity contribution is 0.102. The van der Waals surface area contributed by atoms with Crippen molar-refractivity contribution in [2.45, 2.75) is 38.6 Å². The second-order valence-corrected chi connectivity index (χ2v) is 9.72. The van der Waals surface area contributed by atoms with Crippen LogP contribution in [-0.2, 0) is 15.3 Å². The summed E-state index contributed by atoms with van der Waals surface area (Å²) in [5, 5.41) is 7.50. The molecule has 134 valence electrons. The maximum absolute atomic E-state index is 12.5. The second kappa shape index (κ2) is 6.29. The predicted octanol–water partition coefficient (Wildman–Crippen LogP) is 2.79. The summed E-state index contributed by atoms with van der Waals surface area (Å²) in [6.07, 6.45) is 0.516. The molecule has 6 nitrogen and oxygen atoms in total. The molecule has 3 rings (SSSR count). The van der Waals surface area contributed by atoms with E-state index in [4.69, 9.17) is 0 Å². The molecule has 1 saturated heterocycles. The van der Waals surface area contributed by atoms with Crippen molar-refractivity contribution < 1.29 is 13.2 Å². The summed E-state index contributed by atoms with van der Waals surface area (Å²) in [5.41, 5.74) is 1.17. The summed E-state index contributed by atoms with van der Waals surface area (Å²) in [6, 6.07) is 10.5. The number of rotatable bonds is 3. The molecule has 0 saturated carbocycles. The van der Waals surface area contributed by atoms with Crippen LogP contribution < -0.4 is 5.32 Å². The molecule has 1 fully saturated rings. The number of nitrogens with zero attached hydrogens (tertiary/aromatic N) is 2. The minimum Gasteiger partial charge on any atom is -0.307 e. The van der Waals surface area contributed by atoms with Crippen LogP contribution in [0, 0.1) is 0 Å². The molecule has 25 heavy (non-hydrogen) atoms. The Kier molecular flexibility index (Phi) is 4.45. The Morgan fingerprint density at radius 3 is 2.48 bits per heavy atom. The molecule has 1 N–H and O–H groups in total. The van der Waals surface area contributed by atoms with Crippen molar-refractivity contribution in [3.05, 3.63) is 47.7 Å². The smallest absolute Gasteiger partial charge is 0.256 e. The first kappa shape index (κ1) is 17.7. The fourth-order valence-corrected chi connectivity index (χ4v) is 4.57. The van der Waals surface area contributed by atoms with Crippen molar-refractivity contribution in [2.24, 2.45) is 0 Å². The number of carbonyl (C=O) groups excluding carboxylic acids is 1. The van der Waals surface area contributed by atoms with Gasteiger partial charge in [0.25, 0.3) is 5.91 Å². The molecule has 1 aromatic heterocycles. The zero-order valence-corrected chi connectivity index (χ0v) is 15.5. The summed E-state index contributed by atoms with van der Waals surface area (Å²) >= 11 is 0. The number of hydrogen-bond acceptors (Lipinski definition) is 4. The van der Waals surface area contributed by atoms with Crippen molar-refractivity contribution in [3.8, 4) is 0 Å². The molecule has 1 aromatic carbocycles. The summed E-state index contributed by atoms with van der Waals surface area (Å²) in [7, 11) is -3.04. The fraction of sp³-hybridized carbons (Fsp3) is 0.444. The zero-order valence-electron chi connectivity index (χ0n) is 14.7. The topological polar surface area (TPSA) is 81.1 Å². The molecular formula is C18H23N3O3S. The number of aromatic nitrogens is 2. The highest BCUT2D eigenvalue weighted by molar-refractivity contribution is 7.91. The highest BCUT2D eigenvalue weighted by Crippen LogP contribution is 2.31. The molecule has 2 aromatic rings. The van der Waals surface area contributed by atoms with E-state index in [9.17, 15) is 13.2 Å². The largest absolute Gasteiger partial charge is 0.307 e. The van der Waals surface area contributed by atoms with E-state index in [-0.39, 0.29) is 28.9 Å². The monoisotopic (exact) mass is 361 g/mol. The predicted molar refractivity (Wildman–Crippen MR) is 97.6 cm³/mol. The van der Waals surface area contributed by atoms with E-state index in [2.05, 4.69) is 10.4 Å². The quantitative estimate of drug-likeness (QED) is 0.911. The van der Waals surface area contributed by atoms with Crippen molar-refractivity contribution >= 4 is 21.6 Å². The second-order valence-electron chi connectivity index (χ2n) is 7.49. The van der Waals surface area contributed by atoms with Crippen molar-refractivity contribution in [1.29, 1.82) is 0 Å². The molecule has 0 aliphatic carbocycles. The SMILES string of the molecule is CC(C)(C)c1cc(NC(=O)c2ccccc2)n([C@@H]2CCS(=O)(=O)C2)n1. The van der Waals surface area contributed by atoms with Crippen LogP contribution in [-0.4, -0.2) is 35.6 Å². The Morgan fingerprint density at radius 1 is 1.24 bits per heavy atom. The van der Waals surface area contributed by atoms with Gasteiger partial charge >= 0.3 is 0 Å². The van der Waals surface area contributed by atoms with Gasteiger partial charge in [0, 0.05) is 17.0 Å². The Hall–Kier alpha value is -2.15. The lowest BCUT2D eigenvalue weighted by Gasteiger charge is -2.15. The standard InChI is InChI=1S/C18H23N3O3S/c1-18(2,3)15-11-16(19-17(22)13-7-5-4-6-8-13)21(20-15)14-9-10-25(23,24)12-14/h4-8,11,14H,9-10,12H2,1-3H3,(H,19,22)/t14-/m1/s1. The minimum atomic E-state index is -3.04. The molecule has 0 bridgehead atoms. The van der Waals surface area contributed by atoms with Gasteiger partial charge in [-0.25, -0.2) is 13.1 Å². The number of nitrogens with one attached hydrogen (secondary N) is 1. The van der Waals surface area contributed by atoms with Crippen molar-refractivity contribution in [1.82, 2.24) is 9.78 Å². The van der Waals surface area contributed by atoms with Crippen LogP contribution in [0.1, 0.15) is 49.3 Å². The van der Waals surface area contributed by atoms with Gasteiger partial charge in [-0.05, 0) is 18.6 Å². The van der Waals surface area contributed by atoms with Crippen LogP contribution in [0.4, 0.5) is 5.82 Å². The summed E-state index contributed by atoms with van der Waals surface area (Å²) in [4.78, 5) is 12.5. The lowest BCUT2D eigenvalue weighted by atomic mass is 9.92. The first-order valence-corrected chi connectivity index (χ1v) is 10.1. The van der Waals surface area contributed by atoms with Crippen LogP contribution in [0.15, 0.2) is 36.4 Å². The van der Waals surface area contributed by atoms with E-state index < -0.39 is 9.84 Å². The maximum Gasteiger partial charge on any atom is 0.256 e. The Labute approximate surface area is 148 Å². The number of carbonyl (C=O) groups is 1. The third-order valence-corrected chi connectivity index (χ3v) is 6.09. The average Bonchev–Trinajstić information content (AvgIpc) is 3.11. The van der Waals surface area contributed by atoms with Gasteiger partial charge in [-0.3, -0.25) is 4.79 Å². The molecule has 0 spiro atoms. The fourth-order valence-electron chi connectivity index (χ4n) is 2.88. The first-order valence-electron chi connectivity index (χ1n) is 8.32. The average molecular weight is 361 g/mol. The van der Waals surface area contributed by atoms with Crippen molar-refractivity contribution in [2.75, 3.05) is 16.8 Å². The highest BCUT2D eigenvalue weighted by Gasteiger charge is 2.32. The van der Waals surface area contributed by atoms with E-state index in [1.807, 2.05) is 32.9 Å². The third-order valence-electron chi connectivity index (χ3n) is 4.34. The molecule has 1 aliphatic rings. The molecule has 1 amide bonds. The van der Waals surface area contributed by atoms with Crippen LogP contribution in [0.2, 0.25) is 0 Å². The summed E-state index contributed by atoms with van der Waals surface area (Å²) in [5.74, 6) is 0.532. The molecule has 0 radical (unpaired) electrons. The van der Waals surface area contributed by atoms with E-state index in [1.165, 1.54) is 0 Å². The minimum absolute atomic E-state index is 0.0620. The number of sulfone groups is 1. The zero-order chi connectivity index (χ0) is 18.2. The van der Waals surface area contributed by atoms with Crippen LogP contribution in [0.3, 0.4) is 0 Å². The van der Waals surface area contributed by atoms with Crippen LogP contribution >= 0.6 is 0 Å². The summed E-state index contributed by atoms with van der Waals surface area (Å²) in [6.45, 7) is 6.11. The molecular weight excluding hydrogens is 338 g/mol. The Morgan fingerprint density at radius 2 is 1.92 bits per heavy atom. The van der Waals surface area contributed by atoms with Gasteiger partial charge in [-0.1, -0.05) is 39.0 Å². The van der Waals surface area contributed by atoms with Gasteiger partial charge in [-0.15, -0.1) is 0 Å². The van der Waals surface area contributed by atoms with Crippen LogP contribution in [0.25, 0.3) is 0 Å². The Balaban J connectivity index is 1.94. The lowest BCUT2D eigenvalue weighted by Crippen LogP contribution is -2.20. The van der Waals surface area contributed by atoms with Crippen LogP contribution in [0.5, 0.6) is 0 Å². The molecule has 0 unspecified atom stereocenters. The van der Waals surface area contributed by atoms with E-state index in [0.717, 1.165) is 5.69 Å². The van der Waals surface area contributed by atoms with E-state index >= 15 is 0 Å². The number of benzene rings is 1. The Bertz CT molecular complexity index is 880. The molecule has 7 heteroatoms. The van der Waals surface area contributed by atoms with Gasteiger partial charge in [0.05, 0.1) is 23.2 Å². The van der Waals surface area contributed by atoms with E-state index in [1.54, 1.807) is 28.9 Å². The number of hydrogen-bond donors (Lipinski definition) is 1. The molecule has 1 aliphatic heterocycles. The number of amides is 1. The normalized spacial score (nSPS) is 19.7.